The first-order valence-electron chi connectivity index (χ1n) is 6.89. The average Bonchev–Trinajstić information content (AvgIpc) is 2.60. The van der Waals surface area contributed by atoms with Gasteiger partial charge in [-0.2, -0.15) is 0 Å². The summed E-state index contributed by atoms with van der Waals surface area (Å²) in [7, 11) is -0.649. The summed E-state index contributed by atoms with van der Waals surface area (Å²) >= 11 is 18.2. The van der Waals surface area contributed by atoms with Crippen LogP contribution in [0.3, 0.4) is 0 Å². The topological polar surface area (TPSA) is 38.7 Å². The van der Waals surface area contributed by atoms with Crippen LogP contribution in [0.2, 0.25) is 15.1 Å². The monoisotopic (exact) mass is 362 g/mol. The lowest BCUT2D eigenvalue weighted by Crippen LogP contribution is -2.41. The molecule has 3 nitrogen and oxygen atoms in total. The van der Waals surface area contributed by atoms with Crippen LogP contribution in [0, 0.1) is 0 Å². The Hall–Kier alpha value is -0.225. The molecule has 1 aliphatic heterocycles. The van der Waals surface area contributed by atoms with Gasteiger partial charge in [0.15, 0.2) is 0 Å². The first-order chi connectivity index (χ1) is 10.1. The van der Waals surface area contributed by atoms with E-state index >= 15 is 0 Å². The Morgan fingerprint density at radius 2 is 1.68 bits per heavy atom. The summed E-state index contributed by atoms with van der Waals surface area (Å²) < 4.78 is 11.9. The number of hydrogen-bond acceptors (Lipinski definition) is 3. The van der Waals surface area contributed by atoms with Crippen LogP contribution < -0.4 is 0 Å². The zero-order valence-electron chi connectivity index (χ0n) is 12.9. The van der Waals surface area contributed by atoms with Crippen molar-refractivity contribution in [3.63, 3.8) is 0 Å². The van der Waals surface area contributed by atoms with Crippen molar-refractivity contribution in [1.82, 2.24) is 0 Å². The second-order valence-corrected chi connectivity index (χ2v) is 7.48. The van der Waals surface area contributed by atoms with Crippen molar-refractivity contribution in [3.05, 3.63) is 38.2 Å². The minimum atomic E-state index is -0.649. The van der Waals surface area contributed by atoms with Crippen LogP contribution in [-0.2, 0) is 9.31 Å². The molecule has 1 fully saturated rings. The quantitative estimate of drug-likeness (QED) is 0.627. The summed E-state index contributed by atoms with van der Waals surface area (Å²) in [5.74, 6) is 0. The van der Waals surface area contributed by atoms with E-state index in [-0.39, 0.29) is 6.61 Å². The minimum absolute atomic E-state index is 0.225. The molecule has 0 amide bonds. The van der Waals surface area contributed by atoms with Gasteiger partial charge in [-0.25, -0.2) is 0 Å². The summed E-state index contributed by atoms with van der Waals surface area (Å²) in [6.07, 6.45) is 1.70. The maximum atomic E-state index is 9.68. The van der Waals surface area contributed by atoms with Crippen molar-refractivity contribution in [2.24, 2.45) is 0 Å². The first kappa shape index (κ1) is 18.1. The van der Waals surface area contributed by atoms with Crippen LogP contribution >= 0.6 is 34.8 Å². The van der Waals surface area contributed by atoms with Gasteiger partial charge in [-0.1, -0.05) is 40.9 Å². The highest BCUT2D eigenvalue weighted by atomic mass is 35.5. The fourth-order valence-electron chi connectivity index (χ4n) is 2.06. The Morgan fingerprint density at radius 1 is 1.14 bits per heavy atom. The molecule has 0 radical (unpaired) electrons. The van der Waals surface area contributed by atoms with Crippen molar-refractivity contribution < 1.29 is 14.4 Å². The Labute approximate surface area is 146 Å². The maximum absolute atomic E-state index is 9.68. The fourth-order valence-corrected chi connectivity index (χ4v) is 2.74. The summed E-state index contributed by atoms with van der Waals surface area (Å²) in [6.45, 7) is 7.57. The maximum Gasteiger partial charge on any atom is 0.492 e. The van der Waals surface area contributed by atoms with Crippen molar-refractivity contribution >= 4 is 48.0 Å². The van der Waals surface area contributed by atoms with Crippen LogP contribution in [0.5, 0.6) is 0 Å². The number of hydrogen-bond donors (Lipinski definition) is 1. The van der Waals surface area contributed by atoms with E-state index in [4.69, 9.17) is 44.1 Å². The van der Waals surface area contributed by atoms with Crippen molar-refractivity contribution in [2.45, 2.75) is 38.9 Å². The molecule has 0 unspecified atom stereocenters. The first-order valence-corrected chi connectivity index (χ1v) is 8.02. The van der Waals surface area contributed by atoms with Gasteiger partial charge in [-0.05, 0) is 50.9 Å². The number of aliphatic hydroxyl groups excluding tert-OH is 1. The molecule has 0 spiro atoms. The second kappa shape index (κ2) is 6.35. The molecule has 1 N–H and O–H groups in total. The Kier molecular flexibility index (Phi) is 5.23. The van der Waals surface area contributed by atoms with E-state index in [9.17, 15) is 5.11 Å². The smallest absolute Gasteiger partial charge is 0.400 e. The predicted molar refractivity (Wildman–Crippen MR) is 92.6 cm³/mol. The summed E-state index contributed by atoms with van der Waals surface area (Å²) in [5, 5.41) is 10.9. The molecule has 0 bridgehead atoms. The molecule has 120 valence electrons. The molecule has 2 rings (SSSR count). The zero-order chi connectivity index (χ0) is 16.7. The highest BCUT2D eigenvalue weighted by molar-refractivity contribution is 6.56. The van der Waals surface area contributed by atoms with Crippen LogP contribution in [0.4, 0.5) is 0 Å². The van der Waals surface area contributed by atoms with E-state index < -0.39 is 18.3 Å². The number of benzene rings is 1. The summed E-state index contributed by atoms with van der Waals surface area (Å²) in [5.41, 5.74) is 0.195. The van der Waals surface area contributed by atoms with E-state index in [1.165, 1.54) is 0 Å². The lowest BCUT2D eigenvalue weighted by atomic mass is 9.77. The molecular formula is C15H18BCl3O3. The Balaban J connectivity index is 2.38. The van der Waals surface area contributed by atoms with Gasteiger partial charge in [0.1, 0.15) is 0 Å². The Bertz CT molecular complexity index is 598. The lowest BCUT2D eigenvalue weighted by Gasteiger charge is -2.32. The van der Waals surface area contributed by atoms with Crippen molar-refractivity contribution in [1.29, 1.82) is 0 Å². The molecular weight excluding hydrogens is 345 g/mol. The number of halogens is 3. The lowest BCUT2D eigenvalue weighted by molar-refractivity contribution is 0.00578. The van der Waals surface area contributed by atoms with Crippen LogP contribution in [0.25, 0.3) is 6.08 Å². The molecule has 7 heteroatoms. The average molecular weight is 363 g/mol. The molecule has 0 aromatic heterocycles. The molecule has 0 saturated carbocycles. The van der Waals surface area contributed by atoms with Crippen molar-refractivity contribution in [2.75, 3.05) is 6.61 Å². The van der Waals surface area contributed by atoms with E-state index in [1.807, 2.05) is 27.7 Å². The summed E-state index contributed by atoms with van der Waals surface area (Å²) in [6, 6.07) is 3.24. The van der Waals surface area contributed by atoms with Crippen LogP contribution in [-0.4, -0.2) is 30.0 Å². The normalized spacial score (nSPS) is 20.5. The molecule has 1 saturated heterocycles. The number of rotatable bonds is 3. The molecule has 1 aromatic carbocycles. The van der Waals surface area contributed by atoms with E-state index in [0.717, 1.165) is 0 Å². The Morgan fingerprint density at radius 3 is 2.18 bits per heavy atom. The van der Waals surface area contributed by atoms with Crippen LogP contribution in [0.1, 0.15) is 33.3 Å². The predicted octanol–water partition coefficient (Wildman–Crippen LogP) is 4.65. The minimum Gasteiger partial charge on any atom is -0.400 e. The van der Waals surface area contributed by atoms with E-state index in [1.54, 1.807) is 18.2 Å². The van der Waals surface area contributed by atoms with E-state index in [2.05, 4.69) is 0 Å². The van der Waals surface area contributed by atoms with Crippen LogP contribution in [0.15, 0.2) is 17.6 Å². The van der Waals surface area contributed by atoms with E-state index in [0.29, 0.717) is 26.1 Å². The zero-order valence-corrected chi connectivity index (χ0v) is 15.2. The third-order valence-corrected chi connectivity index (χ3v) is 5.14. The van der Waals surface area contributed by atoms with Gasteiger partial charge in [0, 0.05) is 5.02 Å². The van der Waals surface area contributed by atoms with Gasteiger partial charge < -0.3 is 14.4 Å². The number of aliphatic hydroxyl groups is 1. The second-order valence-electron chi connectivity index (χ2n) is 6.26. The molecule has 0 aliphatic carbocycles. The summed E-state index contributed by atoms with van der Waals surface area (Å²) in [4.78, 5) is 0. The molecule has 0 atom stereocenters. The molecule has 22 heavy (non-hydrogen) atoms. The highest BCUT2D eigenvalue weighted by Gasteiger charge is 2.52. The highest BCUT2D eigenvalue weighted by Crippen LogP contribution is 2.39. The fraction of sp³-hybridized carbons (Fsp3) is 0.467. The van der Waals surface area contributed by atoms with Gasteiger partial charge in [0.2, 0.25) is 0 Å². The largest absolute Gasteiger partial charge is 0.492 e. The van der Waals surface area contributed by atoms with Gasteiger partial charge >= 0.3 is 7.12 Å². The SMILES string of the molecule is CC1(C)OB(C(=Cc2cc(Cl)cc(Cl)c2Cl)CO)OC1(C)C. The van der Waals surface area contributed by atoms with Gasteiger partial charge in [-0.3, -0.25) is 0 Å². The van der Waals surface area contributed by atoms with Gasteiger partial charge in [0.25, 0.3) is 0 Å². The third-order valence-electron chi connectivity index (χ3n) is 4.10. The van der Waals surface area contributed by atoms with Gasteiger partial charge in [-0.15, -0.1) is 0 Å². The van der Waals surface area contributed by atoms with Crippen molar-refractivity contribution in [3.8, 4) is 0 Å². The standard InChI is InChI=1S/C15H18BCl3O3/c1-14(2)15(3,4)22-16(21-14)10(8-20)5-9-6-11(17)7-12(18)13(9)19/h5-7,20H,8H2,1-4H3. The molecule has 1 aliphatic rings. The molecule has 1 aromatic rings. The third kappa shape index (κ3) is 3.48. The van der Waals surface area contributed by atoms with Gasteiger partial charge in [0.05, 0.1) is 27.9 Å². The molecule has 1 heterocycles.